The summed E-state index contributed by atoms with van der Waals surface area (Å²) in [6, 6.07) is 9.01. The minimum Gasteiger partial charge on any atom is -0.497 e. The fourth-order valence-corrected chi connectivity index (χ4v) is 5.44. The molecular weight excluding hydrogens is 455 g/mol. The van der Waals surface area contributed by atoms with Gasteiger partial charge in [0.25, 0.3) is 0 Å². The van der Waals surface area contributed by atoms with Gasteiger partial charge in [0, 0.05) is 36.6 Å². The number of aliphatic carboxylic acids is 1. The summed E-state index contributed by atoms with van der Waals surface area (Å²) in [6.45, 7) is 2.11. The minimum absolute atomic E-state index is 0.0378. The van der Waals surface area contributed by atoms with E-state index in [1.165, 1.54) is 6.33 Å². The van der Waals surface area contributed by atoms with Gasteiger partial charge in [-0.25, -0.2) is 14.4 Å². The summed E-state index contributed by atoms with van der Waals surface area (Å²) >= 11 is 1.64. The molecule has 2 aromatic heterocycles. The molecule has 3 atom stereocenters. The van der Waals surface area contributed by atoms with Gasteiger partial charge in [0.15, 0.2) is 0 Å². The number of nitrogens with zero attached hydrogens (tertiary/aromatic N) is 4. The van der Waals surface area contributed by atoms with E-state index in [0.29, 0.717) is 24.3 Å². The van der Waals surface area contributed by atoms with E-state index in [1.54, 1.807) is 37.3 Å². The van der Waals surface area contributed by atoms with E-state index in [4.69, 9.17) is 4.74 Å². The topological polar surface area (TPSA) is 88.4 Å². The van der Waals surface area contributed by atoms with Crippen molar-refractivity contribution in [2.75, 3.05) is 32.5 Å². The third kappa shape index (κ3) is 6.01. The Balaban J connectivity index is 1.34. The number of carbonyl (C=O) groups is 1. The van der Waals surface area contributed by atoms with Crippen molar-refractivity contribution in [3.8, 4) is 5.75 Å². The van der Waals surface area contributed by atoms with Crippen LogP contribution in [0.4, 0.5) is 4.39 Å². The Labute approximate surface area is 202 Å². The number of pyridine rings is 1. The summed E-state index contributed by atoms with van der Waals surface area (Å²) in [5.74, 6) is 0.167. The molecule has 4 rings (SSSR count). The molecular formula is C25H29FN4O3S. The largest absolute Gasteiger partial charge is 0.497 e. The number of rotatable bonds is 10. The zero-order valence-corrected chi connectivity index (χ0v) is 20.0. The van der Waals surface area contributed by atoms with Gasteiger partial charge in [-0.2, -0.15) is 0 Å². The molecule has 7 nitrogen and oxygen atoms in total. The maximum absolute atomic E-state index is 15.3. The summed E-state index contributed by atoms with van der Waals surface area (Å²) in [4.78, 5) is 26.6. The normalized spacial score (nSPS) is 19.7. The zero-order chi connectivity index (χ0) is 23.9. The van der Waals surface area contributed by atoms with Crippen LogP contribution in [-0.4, -0.2) is 63.4 Å². The van der Waals surface area contributed by atoms with Crippen LogP contribution in [0.5, 0.6) is 5.75 Å². The van der Waals surface area contributed by atoms with Crippen LogP contribution in [0.15, 0.2) is 54.1 Å². The molecule has 9 heteroatoms. The first-order valence-electron chi connectivity index (χ1n) is 11.5. The molecule has 0 saturated carbocycles. The Morgan fingerprint density at radius 3 is 2.94 bits per heavy atom. The molecule has 0 spiro atoms. The number of thioether (sulfide) groups is 1. The van der Waals surface area contributed by atoms with Crippen molar-refractivity contribution in [3.63, 3.8) is 0 Å². The third-order valence-electron chi connectivity index (χ3n) is 6.48. The second-order valence-electron chi connectivity index (χ2n) is 8.52. The maximum Gasteiger partial charge on any atom is 0.308 e. The van der Waals surface area contributed by atoms with Crippen LogP contribution in [-0.2, 0) is 4.79 Å². The first-order chi connectivity index (χ1) is 16.5. The smallest absolute Gasteiger partial charge is 0.308 e. The predicted molar refractivity (Wildman–Crippen MR) is 130 cm³/mol. The Bertz CT molecular complexity index is 1100. The molecule has 34 heavy (non-hydrogen) atoms. The summed E-state index contributed by atoms with van der Waals surface area (Å²) in [5.41, 5.74) is 1.30. The average molecular weight is 485 g/mol. The third-order valence-corrected chi connectivity index (χ3v) is 7.40. The number of piperidine rings is 1. The van der Waals surface area contributed by atoms with Gasteiger partial charge in [0.1, 0.15) is 18.2 Å². The monoisotopic (exact) mass is 484 g/mol. The number of halogens is 1. The number of fused-ring (bicyclic) bond motifs is 1. The van der Waals surface area contributed by atoms with Gasteiger partial charge in [0.05, 0.1) is 23.6 Å². The summed E-state index contributed by atoms with van der Waals surface area (Å²) in [7, 11) is 1.58. The number of carboxylic acids is 1. The van der Waals surface area contributed by atoms with Crippen molar-refractivity contribution in [2.45, 2.75) is 30.5 Å². The molecule has 0 amide bonds. The van der Waals surface area contributed by atoms with Crippen molar-refractivity contribution < 1.29 is 19.0 Å². The van der Waals surface area contributed by atoms with Crippen LogP contribution in [0, 0.1) is 11.8 Å². The molecule has 0 radical (unpaired) electrons. The zero-order valence-electron chi connectivity index (χ0n) is 19.1. The molecule has 1 aliphatic heterocycles. The fraction of sp³-hybridized carbons (Fsp3) is 0.440. The Kier molecular flexibility index (Phi) is 8.29. The molecule has 1 N–H and O–H groups in total. The van der Waals surface area contributed by atoms with Crippen LogP contribution in [0.25, 0.3) is 10.9 Å². The number of benzene rings is 1. The Hall–Kier alpha value is -2.78. The van der Waals surface area contributed by atoms with Gasteiger partial charge in [-0.15, -0.1) is 11.8 Å². The van der Waals surface area contributed by atoms with Crippen LogP contribution in [0.3, 0.4) is 0 Å². The molecule has 3 aromatic rings. The number of carboxylic acid groups (broad SMARTS) is 1. The Morgan fingerprint density at radius 1 is 1.29 bits per heavy atom. The number of aromatic nitrogens is 3. The SMILES string of the molecule is COc1ccc2nccc(C(F)CC[C@@H]3CCN(CCSc4ccncn4)C[C@@H]3C(=O)O)c2c1. The van der Waals surface area contributed by atoms with Crippen LogP contribution < -0.4 is 4.74 Å². The molecule has 1 fully saturated rings. The molecule has 1 aromatic carbocycles. The molecule has 3 heterocycles. The number of hydrogen-bond acceptors (Lipinski definition) is 7. The van der Waals surface area contributed by atoms with Gasteiger partial charge in [-0.3, -0.25) is 9.78 Å². The quantitative estimate of drug-likeness (QED) is 0.329. The first-order valence-corrected chi connectivity index (χ1v) is 12.4. The van der Waals surface area contributed by atoms with E-state index >= 15 is 4.39 Å². The molecule has 1 unspecified atom stereocenters. The van der Waals surface area contributed by atoms with Crippen LogP contribution in [0.2, 0.25) is 0 Å². The summed E-state index contributed by atoms with van der Waals surface area (Å²) in [5, 5.41) is 11.5. The standard InChI is InChI=1S/C25H29FN4O3S/c1-33-18-3-5-23-20(14-18)19(6-10-28-23)22(26)4-2-17-8-11-30(15-21(17)25(31)32)12-13-34-24-7-9-27-16-29-24/h3,5-7,9-10,14,16-17,21-22H,2,4,8,11-13,15H2,1H3,(H,31,32)/t17-,21+,22?/m1/s1. The highest BCUT2D eigenvalue weighted by atomic mass is 32.2. The van der Waals surface area contributed by atoms with E-state index in [2.05, 4.69) is 19.9 Å². The summed E-state index contributed by atoms with van der Waals surface area (Å²) in [6.07, 6.45) is 5.25. The lowest BCUT2D eigenvalue weighted by atomic mass is 9.81. The van der Waals surface area contributed by atoms with Crippen molar-refractivity contribution in [2.24, 2.45) is 11.8 Å². The number of methoxy groups -OCH3 is 1. The van der Waals surface area contributed by atoms with E-state index in [0.717, 1.165) is 41.2 Å². The second kappa shape index (κ2) is 11.6. The molecule has 1 saturated heterocycles. The van der Waals surface area contributed by atoms with E-state index < -0.39 is 18.1 Å². The summed E-state index contributed by atoms with van der Waals surface area (Å²) < 4.78 is 20.6. The minimum atomic E-state index is -1.19. The average Bonchev–Trinajstić information content (AvgIpc) is 2.87. The highest BCUT2D eigenvalue weighted by Crippen LogP contribution is 2.35. The number of alkyl halides is 1. The van der Waals surface area contributed by atoms with E-state index in [-0.39, 0.29) is 12.3 Å². The van der Waals surface area contributed by atoms with Crippen LogP contribution >= 0.6 is 11.8 Å². The Morgan fingerprint density at radius 2 is 2.18 bits per heavy atom. The van der Waals surface area contributed by atoms with Gasteiger partial charge in [-0.1, -0.05) is 0 Å². The van der Waals surface area contributed by atoms with Crippen molar-refractivity contribution >= 4 is 28.6 Å². The molecule has 1 aliphatic rings. The lowest BCUT2D eigenvalue weighted by molar-refractivity contribution is -0.146. The number of likely N-dealkylation sites (tertiary alicyclic amines) is 1. The van der Waals surface area contributed by atoms with Crippen LogP contribution in [0.1, 0.15) is 31.0 Å². The molecule has 180 valence electrons. The van der Waals surface area contributed by atoms with Gasteiger partial charge in [0.2, 0.25) is 0 Å². The molecule has 0 bridgehead atoms. The predicted octanol–water partition coefficient (Wildman–Crippen LogP) is 4.64. The van der Waals surface area contributed by atoms with Gasteiger partial charge in [-0.05, 0) is 67.6 Å². The number of ether oxygens (including phenoxy) is 1. The fourth-order valence-electron chi connectivity index (χ4n) is 4.60. The first kappa shape index (κ1) is 24.3. The number of hydrogen-bond donors (Lipinski definition) is 1. The van der Waals surface area contributed by atoms with Gasteiger partial charge < -0.3 is 14.7 Å². The van der Waals surface area contributed by atoms with E-state index in [1.807, 2.05) is 24.3 Å². The van der Waals surface area contributed by atoms with E-state index in [9.17, 15) is 9.90 Å². The maximum atomic E-state index is 15.3. The van der Waals surface area contributed by atoms with Crippen molar-refractivity contribution in [3.05, 3.63) is 54.6 Å². The molecule has 0 aliphatic carbocycles. The highest BCUT2D eigenvalue weighted by molar-refractivity contribution is 7.99. The van der Waals surface area contributed by atoms with Crippen molar-refractivity contribution in [1.82, 2.24) is 19.9 Å². The lowest BCUT2D eigenvalue weighted by Gasteiger charge is -2.36. The second-order valence-corrected chi connectivity index (χ2v) is 9.63. The van der Waals surface area contributed by atoms with Crippen molar-refractivity contribution in [1.29, 1.82) is 0 Å². The van der Waals surface area contributed by atoms with Gasteiger partial charge >= 0.3 is 5.97 Å². The highest BCUT2D eigenvalue weighted by Gasteiger charge is 2.34. The lowest BCUT2D eigenvalue weighted by Crippen LogP contribution is -2.44.